The van der Waals surface area contributed by atoms with Gasteiger partial charge in [-0.15, -0.1) is 0 Å². The molecule has 0 bridgehead atoms. The molecule has 0 saturated heterocycles. The molecule has 1 aromatic carbocycles. The molecular weight excluding hydrogens is 304 g/mol. The first kappa shape index (κ1) is 12.5. The Labute approximate surface area is 120 Å². The standard InChI is InChI=1S/C15H15BrN2O/c16-13-9-14(17-10-13)15(19)18-7-5-11-3-1-2-4-12(11)6-8-18/h1-4,9-10,17H,5-8H2. The van der Waals surface area contributed by atoms with Crippen molar-refractivity contribution in [1.82, 2.24) is 9.88 Å². The highest BCUT2D eigenvalue weighted by Gasteiger charge is 2.20. The minimum atomic E-state index is 0.0820. The van der Waals surface area contributed by atoms with E-state index in [4.69, 9.17) is 0 Å². The Kier molecular flexibility index (Phi) is 3.42. The highest BCUT2D eigenvalue weighted by molar-refractivity contribution is 9.10. The number of aromatic amines is 1. The van der Waals surface area contributed by atoms with Crippen molar-refractivity contribution in [2.75, 3.05) is 13.1 Å². The molecule has 2 heterocycles. The van der Waals surface area contributed by atoms with Gasteiger partial charge in [-0.2, -0.15) is 0 Å². The van der Waals surface area contributed by atoms with Crippen molar-refractivity contribution in [2.24, 2.45) is 0 Å². The molecule has 1 N–H and O–H groups in total. The molecule has 98 valence electrons. The van der Waals surface area contributed by atoms with Crippen molar-refractivity contribution in [2.45, 2.75) is 12.8 Å². The van der Waals surface area contributed by atoms with Crippen LogP contribution < -0.4 is 0 Å². The van der Waals surface area contributed by atoms with E-state index >= 15 is 0 Å². The van der Waals surface area contributed by atoms with E-state index in [9.17, 15) is 4.79 Å². The van der Waals surface area contributed by atoms with Crippen molar-refractivity contribution in [3.05, 3.63) is 57.8 Å². The number of carbonyl (C=O) groups is 1. The number of fused-ring (bicyclic) bond motifs is 1. The predicted octanol–water partition coefficient (Wildman–Crippen LogP) is 3.02. The van der Waals surface area contributed by atoms with Gasteiger partial charge in [-0.05, 0) is 46.0 Å². The SMILES string of the molecule is O=C(c1cc(Br)c[nH]1)N1CCc2ccccc2CC1. The van der Waals surface area contributed by atoms with Gasteiger partial charge in [-0.1, -0.05) is 24.3 Å². The smallest absolute Gasteiger partial charge is 0.270 e. The summed E-state index contributed by atoms with van der Waals surface area (Å²) >= 11 is 3.36. The van der Waals surface area contributed by atoms with Crippen molar-refractivity contribution in [1.29, 1.82) is 0 Å². The van der Waals surface area contributed by atoms with Crippen LogP contribution >= 0.6 is 15.9 Å². The third-order valence-electron chi connectivity index (χ3n) is 3.59. The van der Waals surface area contributed by atoms with Crippen LogP contribution in [0.3, 0.4) is 0 Å². The monoisotopic (exact) mass is 318 g/mol. The topological polar surface area (TPSA) is 36.1 Å². The normalized spacial score (nSPS) is 14.9. The number of H-pyrrole nitrogens is 1. The van der Waals surface area contributed by atoms with Crippen LogP contribution in [0.15, 0.2) is 41.0 Å². The largest absolute Gasteiger partial charge is 0.356 e. The van der Waals surface area contributed by atoms with Crippen LogP contribution in [0.25, 0.3) is 0 Å². The summed E-state index contributed by atoms with van der Waals surface area (Å²) in [6, 6.07) is 10.3. The molecule has 0 aliphatic carbocycles. The lowest BCUT2D eigenvalue weighted by molar-refractivity contribution is 0.0758. The maximum Gasteiger partial charge on any atom is 0.270 e. The Balaban J connectivity index is 1.77. The summed E-state index contributed by atoms with van der Waals surface area (Å²) in [6.07, 6.45) is 3.66. The zero-order valence-corrected chi connectivity index (χ0v) is 12.1. The number of nitrogens with zero attached hydrogens (tertiary/aromatic N) is 1. The average Bonchev–Trinajstić information content (AvgIpc) is 2.74. The number of hydrogen-bond donors (Lipinski definition) is 1. The minimum absolute atomic E-state index is 0.0820. The lowest BCUT2D eigenvalue weighted by Gasteiger charge is -2.19. The second-order valence-corrected chi connectivity index (χ2v) is 5.71. The number of aromatic nitrogens is 1. The summed E-state index contributed by atoms with van der Waals surface area (Å²) in [7, 11) is 0. The lowest BCUT2D eigenvalue weighted by atomic mass is 10.0. The van der Waals surface area contributed by atoms with E-state index in [0.29, 0.717) is 5.69 Å². The molecule has 0 unspecified atom stereocenters. The van der Waals surface area contributed by atoms with E-state index in [1.807, 2.05) is 11.0 Å². The lowest BCUT2D eigenvalue weighted by Crippen LogP contribution is -2.33. The van der Waals surface area contributed by atoms with Gasteiger partial charge in [0.2, 0.25) is 0 Å². The second-order valence-electron chi connectivity index (χ2n) is 4.79. The number of amides is 1. The Morgan fingerprint density at radius 1 is 1.16 bits per heavy atom. The van der Waals surface area contributed by atoms with Gasteiger partial charge < -0.3 is 9.88 Å². The van der Waals surface area contributed by atoms with Crippen LogP contribution in [0, 0.1) is 0 Å². The Bertz CT molecular complexity index is 579. The zero-order valence-electron chi connectivity index (χ0n) is 10.5. The van der Waals surface area contributed by atoms with E-state index in [0.717, 1.165) is 30.4 Å². The average molecular weight is 319 g/mol. The molecule has 0 fully saturated rings. The van der Waals surface area contributed by atoms with Gasteiger partial charge >= 0.3 is 0 Å². The van der Waals surface area contributed by atoms with E-state index in [2.05, 4.69) is 45.2 Å². The van der Waals surface area contributed by atoms with E-state index in [1.54, 1.807) is 6.20 Å². The van der Waals surface area contributed by atoms with Crippen LogP contribution in [-0.2, 0) is 12.8 Å². The highest BCUT2D eigenvalue weighted by Crippen LogP contribution is 2.18. The van der Waals surface area contributed by atoms with Crippen LogP contribution in [-0.4, -0.2) is 28.9 Å². The fourth-order valence-electron chi connectivity index (χ4n) is 2.53. The Morgan fingerprint density at radius 3 is 2.32 bits per heavy atom. The van der Waals surface area contributed by atoms with Crippen LogP contribution in [0.5, 0.6) is 0 Å². The summed E-state index contributed by atoms with van der Waals surface area (Å²) in [6.45, 7) is 1.57. The van der Waals surface area contributed by atoms with Crippen molar-refractivity contribution < 1.29 is 4.79 Å². The molecule has 2 aromatic rings. The summed E-state index contributed by atoms with van der Waals surface area (Å²) in [5.41, 5.74) is 3.38. The number of carbonyl (C=O) groups excluding carboxylic acids is 1. The molecular formula is C15H15BrN2O. The van der Waals surface area contributed by atoms with Gasteiger partial charge in [-0.3, -0.25) is 4.79 Å². The van der Waals surface area contributed by atoms with Crippen molar-refractivity contribution in [3.8, 4) is 0 Å². The molecule has 1 amide bonds. The van der Waals surface area contributed by atoms with Gasteiger partial charge in [0, 0.05) is 23.8 Å². The molecule has 0 atom stereocenters. The molecule has 4 heteroatoms. The van der Waals surface area contributed by atoms with Crippen LogP contribution in [0.4, 0.5) is 0 Å². The molecule has 1 aliphatic heterocycles. The number of benzene rings is 1. The maximum atomic E-state index is 12.4. The van der Waals surface area contributed by atoms with Crippen LogP contribution in [0.2, 0.25) is 0 Å². The molecule has 3 rings (SSSR count). The van der Waals surface area contributed by atoms with Crippen LogP contribution in [0.1, 0.15) is 21.6 Å². The number of halogens is 1. The molecule has 1 aromatic heterocycles. The van der Waals surface area contributed by atoms with E-state index in [1.165, 1.54) is 11.1 Å². The number of nitrogens with one attached hydrogen (secondary N) is 1. The van der Waals surface area contributed by atoms with Gasteiger partial charge in [0.15, 0.2) is 0 Å². The molecule has 0 spiro atoms. The number of rotatable bonds is 1. The van der Waals surface area contributed by atoms with Gasteiger partial charge in [0.05, 0.1) is 0 Å². The maximum absolute atomic E-state index is 12.4. The summed E-state index contributed by atoms with van der Waals surface area (Å²) < 4.78 is 0.911. The molecule has 1 aliphatic rings. The fraction of sp³-hybridized carbons (Fsp3) is 0.267. The van der Waals surface area contributed by atoms with Gasteiger partial charge in [0.1, 0.15) is 5.69 Å². The van der Waals surface area contributed by atoms with E-state index in [-0.39, 0.29) is 5.91 Å². The Morgan fingerprint density at radius 2 is 1.79 bits per heavy atom. The zero-order chi connectivity index (χ0) is 13.2. The summed E-state index contributed by atoms with van der Waals surface area (Å²) in [5, 5.41) is 0. The van der Waals surface area contributed by atoms with Crippen molar-refractivity contribution in [3.63, 3.8) is 0 Å². The van der Waals surface area contributed by atoms with Crippen molar-refractivity contribution >= 4 is 21.8 Å². The third kappa shape index (κ3) is 2.59. The van der Waals surface area contributed by atoms with Gasteiger partial charge in [-0.25, -0.2) is 0 Å². The highest BCUT2D eigenvalue weighted by atomic mass is 79.9. The Hall–Kier alpha value is -1.55. The molecule has 19 heavy (non-hydrogen) atoms. The molecule has 0 radical (unpaired) electrons. The molecule has 0 saturated carbocycles. The predicted molar refractivity (Wildman–Crippen MR) is 78.2 cm³/mol. The van der Waals surface area contributed by atoms with Gasteiger partial charge in [0.25, 0.3) is 5.91 Å². The minimum Gasteiger partial charge on any atom is -0.356 e. The van der Waals surface area contributed by atoms with E-state index < -0.39 is 0 Å². The fourth-order valence-corrected chi connectivity index (χ4v) is 2.88. The first-order valence-corrected chi connectivity index (χ1v) is 7.23. The first-order valence-electron chi connectivity index (χ1n) is 6.44. The first-order chi connectivity index (χ1) is 9.24. The number of hydrogen-bond acceptors (Lipinski definition) is 1. The third-order valence-corrected chi connectivity index (χ3v) is 4.04. The summed E-state index contributed by atoms with van der Waals surface area (Å²) in [5.74, 6) is 0.0820. The molecule has 3 nitrogen and oxygen atoms in total. The second kappa shape index (κ2) is 5.21. The quantitative estimate of drug-likeness (QED) is 0.862. The summed E-state index contributed by atoms with van der Waals surface area (Å²) in [4.78, 5) is 17.3.